The molecule has 0 aliphatic carbocycles. The minimum atomic E-state index is -1.04. The number of rotatable bonds is 10. The van der Waals surface area contributed by atoms with Crippen molar-refractivity contribution in [2.75, 3.05) is 13.7 Å². The molecule has 11 nitrogen and oxygen atoms in total. The lowest BCUT2D eigenvalue weighted by Crippen LogP contribution is -2.56. The number of urea groups is 1. The summed E-state index contributed by atoms with van der Waals surface area (Å²) in [6.45, 7) is 5.51. The summed E-state index contributed by atoms with van der Waals surface area (Å²) in [6, 6.07) is 13.3. The lowest BCUT2D eigenvalue weighted by Gasteiger charge is -2.31. The van der Waals surface area contributed by atoms with Crippen LogP contribution in [-0.2, 0) is 20.8 Å². The minimum absolute atomic E-state index is 0.0914. The first-order valence-corrected chi connectivity index (χ1v) is 12.7. The van der Waals surface area contributed by atoms with E-state index >= 15 is 0 Å². The monoisotopic (exact) mass is 538 g/mol. The summed E-state index contributed by atoms with van der Waals surface area (Å²) in [4.78, 5) is 64.1. The molecule has 2 aromatic carbocycles. The second kappa shape index (κ2) is 12.9. The highest BCUT2D eigenvalue weighted by Gasteiger charge is 2.42. The van der Waals surface area contributed by atoms with Gasteiger partial charge in [0.2, 0.25) is 0 Å². The third-order valence-electron chi connectivity index (χ3n) is 5.79. The van der Waals surface area contributed by atoms with Gasteiger partial charge in [-0.25, -0.2) is 19.4 Å². The number of nitrogens with one attached hydrogen (secondary N) is 2. The highest BCUT2D eigenvalue weighted by molar-refractivity contribution is 6.21. The number of hydrogen-bond acceptors (Lipinski definition) is 7. The highest BCUT2D eigenvalue weighted by atomic mass is 16.6. The highest BCUT2D eigenvalue weighted by Crippen LogP contribution is 2.25. The zero-order valence-corrected chi connectivity index (χ0v) is 22.6. The Hall–Kier alpha value is -4.41. The maximum Gasteiger partial charge on any atom is 0.407 e. The Morgan fingerprint density at radius 3 is 2.08 bits per heavy atom. The minimum Gasteiger partial charge on any atom is -0.467 e. The number of fused-ring (bicyclic) bond motifs is 1. The van der Waals surface area contributed by atoms with E-state index in [9.17, 15) is 24.0 Å². The van der Waals surface area contributed by atoms with Crippen LogP contribution < -0.4 is 10.6 Å². The van der Waals surface area contributed by atoms with Crippen LogP contribution in [0.25, 0.3) is 0 Å². The molecule has 5 amide bonds. The Labute approximate surface area is 227 Å². The number of imide groups is 1. The number of esters is 1. The van der Waals surface area contributed by atoms with E-state index in [1.165, 1.54) is 19.2 Å². The van der Waals surface area contributed by atoms with Gasteiger partial charge in [0.05, 0.1) is 24.8 Å². The van der Waals surface area contributed by atoms with E-state index < -0.39 is 41.6 Å². The Morgan fingerprint density at radius 1 is 0.923 bits per heavy atom. The van der Waals surface area contributed by atoms with Gasteiger partial charge in [-0.15, -0.1) is 0 Å². The molecular weight excluding hydrogens is 504 g/mol. The number of unbranched alkanes of at least 4 members (excludes halogenated alkanes) is 1. The molecule has 0 radical (unpaired) electrons. The van der Waals surface area contributed by atoms with E-state index in [2.05, 4.69) is 10.6 Å². The molecule has 2 N–H and O–H groups in total. The first kappa shape index (κ1) is 29.2. The number of carbonyl (C=O) groups excluding carboxylic acids is 5. The van der Waals surface area contributed by atoms with E-state index in [0.29, 0.717) is 24.9 Å². The number of ether oxygens (including phenoxy) is 2. The zero-order valence-electron chi connectivity index (χ0n) is 22.6. The summed E-state index contributed by atoms with van der Waals surface area (Å²) in [6.07, 6.45) is 0.629. The Balaban J connectivity index is 1.70. The SMILES string of the molecule is COC(=O)C(CCCCNC(=O)OC(C)(C)C)NC(=O)N(Cc1ccccc1)N1C(=O)c2ccccc2C1=O. The van der Waals surface area contributed by atoms with E-state index in [4.69, 9.17) is 9.47 Å². The zero-order chi connectivity index (χ0) is 28.6. The summed E-state index contributed by atoms with van der Waals surface area (Å²) in [5, 5.41) is 7.06. The predicted octanol–water partition coefficient (Wildman–Crippen LogP) is 3.65. The van der Waals surface area contributed by atoms with Crippen LogP contribution in [0.15, 0.2) is 54.6 Å². The third kappa shape index (κ3) is 7.79. The Kier molecular flexibility index (Phi) is 9.64. The van der Waals surface area contributed by atoms with Gasteiger partial charge in [-0.05, 0) is 57.7 Å². The van der Waals surface area contributed by atoms with Crippen LogP contribution in [0.4, 0.5) is 9.59 Å². The molecule has 0 bridgehead atoms. The molecule has 0 saturated heterocycles. The molecule has 1 atom stereocenters. The van der Waals surface area contributed by atoms with Crippen LogP contribution in [-0.4, -0.2) is 65.2 Å². The second-order valence-electron chi connectivity index (χ2n) is 9.96. The van der Waals surface area contributed by atoms with Gasteiger partial charge in [0.15, 0.2) is 0 Å². The molecule has 0 spiro atoms. The van der Waals surface area contributed by atoms with E-state index in [-0.39, 0.29) is 24.1 Å². The smallest absolute Gasteiger partial charge is 0.407 e. The van der Waals surface area contributed by atoms with E-state index in [1.807, 2.05) is 0 Å². The van der Waals surface area contributed by atoms with Crippen molar-refractivity contribution in [1.29, 1.82) is 0 Å². The topological polar surface area (TPSA) is 134 Å². The summed E-state index contributed by atoms with van der Waals surface area (Å²) >= 11 is 0. The predicted molar refractivity (Wildman–Crippen MR) is 141 cm³/mol. The van der Waals surface area contributed by atoms with Crippen molar-refractivity contribution >= 4 is 29.9 Å². The van der Waals surface area contributed by atoms with Crippen LogP contribution in [0.1, 0.15) is 66.3 Å². The van der Waals surface area contributed by atoms with Crippen LogP contribution in [0.3, 0.4) is 0 Å². The van der Waals surface area contributed by atoms with Crippen LogP contribution in [0.2, 0.25) is 0 Å². The van der Waals surface area contributed by atoms with Crippen molar-refractivity contribution in [3.63, 3.8) is 0 Å². The van der Waals surface area contributed by atoms with Crippen LogP contribution in [0.5, 0.6) is 0 Å². The van der Waals surface area contributed by atoms with Gasteiger partial charge in [0, 0.05) is 6.54 Å². The number of amides is 5. The molecule has 1 aliphatic rings. The second-order valence-corrected chi connectivity index (χ2v) is 9.96. The number of methoxy groups -OCH3 is 1. The van der Waals surface area contributed by atoms with Crippen LogP contribution >= 0.6 is 0 Å². The number of hydrazine groups is 1. The molecule has 39 heavy (non-hydrogen) atoms. The quantitative estimate of drug-likeness (QED) is 0.268. The van der Waals surface area contributed by atoms with Gasteiger partial charge in [0.1, 0.15) is 11.6 Å². The van der Waals surface area contributed by atoms with Gasteiger partial charge in [-0.3, -0.25) is 9.59 Å². The third-order valence-corrected chi connectivity index (χ3v) is 5.79. The molecular formula is C28H34N4O7. The molecule has 2 aromatic rings. The largest absolute Gasteiger partial charge is 0.467 e. The van der Waals surface area contributed by atoms with Crippen molar-refractivity contribution < 1.29 is 33.4 Å². The molecule has 11 heteroatoms. The molecule has 1 aliphatic heterocycles. The summed E-state index contributed by atoms with van der Waals surface area (Å²) in [5.74, 6) is -1.94. The maximum absolute atomic E-state index is 13.5. The molecule has 0 aromatic heterocycles. The fourth-order valence-corrected chi connectivity index (χ4v) is 3.98. The Morgan fingerprint density at radius 2 is 1.51 bits per heavy atom. The van der Waals surface area contributed by atoms with Crippen LogP contribution in [0, 0.1) is 0 Å². The molecule has 0 saturated carbocycles. The van der Waals surface area contributed by atoms with Crippen molar-refractivity contribution in [2.45, 2.75) is 58.2 Å². The van der Waals surface area contributed by atoms with E-state index in [0.717, 1.165) is 10.0 Å². The van der Waals surface area contributed by atoms with Crippen molar-refractivity contribution in [3.8, 4) is 0 Å². The average molecular weight is 539 g/mol. The standard InChI is InChI=1S/C28H34N4O7/c1-28(2,3)39-27(37)29-17-11-10-16-22(25(35)38-4)30-26(36)31(18-19-12-6-5-7-13-19)32-23(33)20-14-8-9-15-21(20)24(32)34/h5-9,12-15,22H,10-11,16-18H2,1-4H3,(H,29,37)(H,30,36). The lowest BCUT2D eigenvalue weighted by molar-refractivity contribution is -0.143. The van der Waals surface area contributed by atoms with Gasteiger partial charge < -0.3 is 20.1 Å². The molecule has 208 valence electrons. The summed E-state index contributed by atoms with van der Waals surface area (Å²) < 4.78 is 10.1. The number of benzene rings is 2. The van der Waals surface area contributed by atoms with E-state index in [1.54, 1.807) is 63.2 Å². The average Bonchev–Trinajstić information content (AvgIpc) is 3.15. The first-order chi connectivity index (χ1) is 18.5. The summed E-state index contributed by atoms with van der Waals surface area (Å²) in [7, 11) is 1.21. The molecule has 1 unspecified atom stereocenters. The van der Waals surface area contributed by atoms with Gasteiger partial charge in [0.25, 0.3) is 11.8 Å². The Bertz CT molecular complexity index is 1170. The first-order valence-electron chi connectivity index (χ1n) is 12.7. The normalized spacial score (nSPS) is 13.4. The number of nitrogens with zero attached hydrogens (tertiary/aromatic N) is 2. The van der Waals surface area contributed by atoms with Crippen molar-refractivity contribution in [3.05, 3.63) is 71.3 Å². The summed E-state index contributed by atoms with van der Waals surface area (Å²) in [5.41, 5.74) is 0.438. The molecule has 1 heterocycles. The maximum atomic E-state index is 13.5. The van der Waals surface area contributed by atoms with Gasteiger partial charge >= 0.3 is 18.1 Å². The fourth-order valence-electron chi connectivity index (χ4n) is 3.98. The molecule has 0 fully saturated rings. The van der Waals surface area contributed by atoms with Crippen molar-refractivity contribution in [1.82, 2.24) is 20.7 Å². The van der Waals surface area contributed by atoms with Crippen molar-refractivity contribution in [2.24, 2.45) is 0 Å². The molecule has 3 rings (SSSR count). The fraction of sp³-hybridized carbons (Fsp3) is 0.393. The number of hydrogen-bond donors (Lipinski definition) is 2. The number of carbonyl (C=O) groups is 5. The lowest BCUT2D eigenvalue weighted by atomic mass is 10.1. The number of alkyl carbamates (subject to hydrolysis) is 1. The van der Waals surface area contributed by atoms with Gasteiger partial charge in [-0.2, -0.15) is 5.01 Å². The van der Waals surface area contributed by atoms with Gasteiger partial charge in [-0.1, -0.05) is 42.5 Å².